The molecule has 0 radical (unpaired) electrons. The van der Waals surface area contributed by atoms with E-state index in [4.69, 9.17) is 9.47 Å². The topological polar surface area (TPSA) is 62.3 Å². The Labute approximate surface area is 147 Å². The number of nitrogens with zero attached hydrogens (tertiary/aromatic N) is 3. The summed E-state index contributed by atoms with van der Waals surface area (Å²) in [5.74, 6) is 1.78. The predicted octanol–water partition coefficient (Wildman–Crippen LogP) is 0.682. The average Bonchev–Trinajstić information content (AvgIpc) is 3.24. The fourth-order valence-electron chi connectivity index (χ4n) is 3.59. The smallest absolute Gasteiger partial charge is 0.242 e. The van der Waals surface area contributed by atoms with Gasteiger partial charge in [-0.1, -0.05) is 6.07 Å². The molecule has 0 atom stereocenters. The third kappa shape index (κ3) is 3.56. The number of carbonyl (C=O) groups is 2. The van der Waals surface area contributed by atoms with Crippen molar-refractivity contribution in [2.24, 2.45) is 0 Å². The van der Waals surface area contributed by atoms with Crippen molar-refractivity contribution in [2.45, 2.75) is 19.4 Å². The third-order valence-corrected chi connectivity index (χ3v) is 5.07. The molecule has 0 aromatic heterocycles. The number of ether oxygens (including phenoxy) is 2. The van der Waals surface area contributed by atoms with Gasteiger partial charge in [0.2, 0.25) is 18.6 Å². The molecule has 7 heteroatoms. The standard InChI is InChI=1S/C18H23N3O4/c22-17-2-1-5-21(17)12-18(23)20-8-6-19(7-9-20)11-14-3-4-15-16(10-14)25-13-24-15/h3-4,10H,1-2,5-9,11-13H2. The van der Waals surface area contributed by atoms with E-state index in [1.54, 1.807) is 4.90 Å². The molecule has 1 aromatic carbocycles. The molecule has 2 amide bonds. The molecule has 1 aromatic rings. The zero-order chi connectivity index (χ0) is 17.2. The van der Waals surface area contributed by atoms with Crippen LogP contribution in [-0.4, -0.2) is 72.6 Å². The molecular formula is C18H23N3O4. The maximum atomic E-state index is 12.4. The Morgan fingerprint density at radius 2 is 1.84 bits per heavy atom. The number of hydrogen-bond donors (Lipinski definition) is 0. The SMILES string of the molecule is O=C(CN1CCCC1=O)N1CCN(Cc2ccc3c(c2)OCO3)CC1. The van der Waals surface area contributed by atoms with Crippen molar-refractivity contribution in [3.63, 3.8) is 0 Å². The maximum Gasteiger partial charge on any atom is 0.242 e. The van der Waals surface area contributed by atoms with Gasteiger partial charge in [0.15, 0.2) is 11.5 Å². The van der Waals surface area contributed by atoms with E-state index < -0.39 is 0 Å². The third-order valence-electron chi connectivity index (χ3n) is 5.07. The maximum absolute atomic E-state index is 12.4. The summed E-state index contributed by atoms with van der Waals surface area (Å²) in [6.45, 7) is 5.19. The van der Waals surface area contributed by atoms with Crippen LogP contribution in [-0.2, 0) is 16.1 Å². The van der Waals surface area contributed by atoms with Gasteiger partial charge in [0.05, 0.1) is 6.54 Å². The van der Waals surface area contributed by atoms with E-state index in [9.17, 15) is 9.59 Å². The number of piperazine rings is 1. The van der Waals surface area contributed by atoms with E-state index in [1.165, 1.54) is 5.56 Å². The largest absolute Gasteiger partial charge is 0.454 e. The molecule has 25 heavy (non-hydrogen) atoms. The van der Waals surface area contributed by atoms with Crippen LogP contribution < -0.4 is 9.47 Å². The van der Waals surface area contributed by atoms with Crippen LogP contribution in [0, 0.1) is 0 Å². The normalized spacial score (nSPS) is 20.4. The van der Waals surface area contributed by atoms with Crippen LogP contribution in [0.2, 0.25) is 0 Å². The molecule has 0 saturated carbocycles. The van der Waals surface area contributed by atoms with E-state index in [0.717, 1.165) is 37.6 Å². The first-order valence-electron chi connectivity index (χ1n) is 8.85. The lowest BCUT2D eigenvalue weighted by Crippen LogP contribution is -2.51. The van der Waals surface area contributed by atoms with Gasteiger partial charge in [-0.05, 0) is 24.1 Å². The Hall–Kier alpha value is -2.28. The summed E-state index contributed by atoms with van der Waals surface area (Å²) < 4.78 is 10.8. The van der Waals surface area contributed by atoms with Crippen molar-refractivity contribution in [1.29, 1.82) is 0 Å². The minimum atomic E-state index is 0.0676. The highest BCUT2D eigenvalue weighted by atomic mass is 16.7. The molecule has 134 valence electrons. The molecule has 3 heterocycles. The van der Waals surface area contributed by atoms with Crippen molar-refractivity contribution in [3.8, 4) is 11.5 Å². The lowest BCUT2D eigenvalue weighted by atomic mass is 10.1. The van der Waals surface area contributed by atoms with Gasteiger partial charge in [-0.25, -0.2) is 0 Å². The molecule has 2 saturated heterocycles. The summed E-state index contributed by atoms with van der Waals surface area (Å²) in [5, 5.41) is 0. The van der Waals surface area contributed by atoms with Crippen molar-refractivity contribution < 1.29 is 19.1 Å². The summed E-state index contributed by atoms with van der Waals surface area (Å²) in [5.41, 5.74) is 1.19. The molecule has 0 aliphatic carbocycles. The first-order chi connectivity index (χ1) is 12.2. The Bertz CT molecular complexity index is 670. The Morgan fingerprint density at radius 3 is 2.60 bits per heavy atom. The number of amides is 2. The second kappa shape index (κ2) is 6.92. The highest BCUT2D eigenvalue weighted by Gasteiger charge is 2.27. The van der Waals surface area contributed by atoms with Crippen LogP contribution in [0.5, 0.6) is 11.5 Å². The van der Waals surface area contributed by atoms with Crippen LogP contribution in [0.25, 0.3) is 0 Å². The van der Waals surface area contributed by atoms with Crippen LogP contribution in [0.4, 0.5) is 0 Å². The second-order valence-corrected chi connectivity index (χ2v) is 6.76. The van der Waals surface area contributed by atoms with E-state index in [-0.39, 0.29) is 18.4 Å². The summed E-state index contributed by atoms with van der Waals surface area (Å²) in [6.07, 6.45) is 1.45. The molecule has 2 fully saturated rings. The van der Waals surface area contributed by atoms with Gasteiger partial charge in [-0.15, -0.1) is 0 Å². The zero-order valence-electron chi connectivity index (χ0n) is 14.3. The number of benzene rings is 1. The van der Waals surface area contributed by atoms with E-state index in [2.05, 4.69) is 11.0 Å². The van der Waals surface area contributed by atoms with Gasteiger partial charge in [0.1, 0.15) is 0 Å². The minimum absolute atomic E-state index is 0.0676. The van der Waals surface area contributed by atoms with Crippen molar-refractivity contribution in [1.82, 2.24) is 14.7 Å². The molecule has 0 spiro atoms. The van der Waals surface area contributed by atoms with Crippen LogP contribution in [0.1, 0.15) is 18.4 Å². The second-order valence-electron chi connectivity index (χ2n) is 6.76. The zero-order valence-corrected chi connectivity index (χ0v) is 14.3. The summed E-state index contributed by atoms with van der Waals surface area (Å²) >= 11 is 0. The monoisotopic (exact) mass is 345 g/mol. The number of fused-ring (bicyclic) bond motifs is 1. The summed E-state index contributed by atoms with van der Waals surface area (Å²) in [7, 11) is 0. The quantitative estimate of drug-likeness (QED) is 0.803. The van der Waals surface area contributed by atoms with Crippen molar-refractivity contribution in [3.05, 3.63) is 23.8 Å². The molecule has 0 bridgehead atoms. The molecule has 3 aliphatic rings. The van der Waals surface area contributed by atoms with Gasteiger partial charge < -0.3 is 19.3 Å². The fourth-order valence-corrected chi connectivity index (χ4v) is 3.59. The first-order valence-corrected chi connectivity index (χ1v) is 8.85. The van der Waals surface area contributed by atoms with Crippen molar-refractivity contribution in [2.75, 3.05) is 46.1 Å². The molecule has 3 aliphatic heterocycles. The molecule has 0 unspecified atom stereocenters. The predicted molar refractivity (Wildman–Crippen MR) is 90.2 cm³/mol. The fraction of sp³-hybridized carbons (Fsp3) is 0.556. The van der Waals surface area contributed by atoms with Crippen LogP contribution >= 0.6 is 0 Å². The molecular weight excluding hydrogens is 322 g/mol. The van der Waals surface area contributed by atoms with Crippen LogP contribution in [0.3, 0.4) is 0 Å². The number of hydrogen-bond acceptors (Lipinski definition) is 5. The molecule has 7 nitrogen and oxygen atoms in total. The lowest BCUT2D eigenvalue weighted by Gasteiger charge is -2.35. The van der Waals surface area contributed by atoms with Crippen molar-refractivity contribution >= 4 is 11.8 Å². The number of carbonyl (C=O) groups excluding carboxylic acids is 2. The highest BCUT2D eigenvalue weighted by Crippen LogP contribution is 2.32. The van der Waals surface area contributed by atoms with Gasteiger partial charge in [-0.2, -0.15) is 0 Å². The molecule has 0 N–H and O–H groups in total. The summed E-state index contributed by atoms with van der Waals surface area (Å²) in [6, 6.07) is 6.04. The Balaban J connectivity index is 1.26. The van der Waals surface area contributed by atoms with E-state index in [1.807, 2.05) is 17.0 Å². The Morgan fingerprint density at radius 1 is 1.04 bits per heavy atom. The Kier molecular flexibility index (Phi) is 4.48. The minimum Gasteiger partial charge on any atom is -0.454 e. The number of likely N-dealkylation sites (tertiary alicyclic amines) is 1. The van der Waals surface area contributed by atoms with Gasteiger partial charge in [0, 0.05) is 45.7 Å². The number of rotatable bonds is 4. The average molecular weight is 345 g/mol. The van der Waals surface area contributed by atoms with E-state index >= 15 is 0 Å². The molecule has 4 rings (SSSR count). The highest BCUT2D eigenvalue weighted by molar-refractivity contribution is 5.85. The first kappa shape index (κ1) is 16.2. The summed E-state index contributed by atoms with van der Waals surface area (Å²) in [4.78, 5) is 29.9. The van der Waals surface area contributed by atoms with Crippen LogP contribution in [0.15, 0.2) is 18.2 Å². The van der Waals surface area contributed by atoms with Gasteiger partial charge in [-0.3, -0.25) is 14.5 Å². The van der Waals surface area contributed by atoms with E-state index in [0.29, 0.717) is 32.8 Å². The van der Waals surface area contributed by atoms with Gasteiger partial charge in [0.25, 0.3) is 0 Å². The van der Waals surface area contributed by atoms with Gasteiger partial charge >= 0.3 is 0 Å². The lowest BCUT2D eigenvalue weighted by molar-refractivity contribution is -0.139.